The van der Waals surface area contributed by atoms with Gasteiger partial charge in [-0.3, -0.25) is 0 Å². The van der Waals surface area contributed by atoms with Gasteiger partial charge in [-0.05, 0) is 23.8 Å². The van der Waals surface area contributed by atoms with Crippen LogP contribution in [0.2, 0.25) is 0 Å². The van der Waals surface area contributed by atoms with Crippen LogP contribution >= 0.6 is 22.7 Å². The van der Waals surface area contributed by atoms with Gasteiger partial charge in [0.2, 0.25) is 0 Å². The van der Waals surface area contributed by atoms with Gasteiger partial charge in [0.05, 0.1) is 108 Å². The Morgan fingerprint density at radius 3 is 1.74 bits per heavy atom. The van der Waals surface area contributed by atoms with E-state index in [0.29, 0.717) is 44.5 Å². The predicted molar refractivity (Wildman–Crippen MR) is 246 cm³/mol. The summed E-state index contributed by atoms with van der Waals surface area (Å²) in [4.78, 5) is 33.0. The number of hydrogen-bond acceptors (Lipinski definition) is 14. The zero-order valence-corrected chi connectivity index (χ0v) is 35.3. The van der Waals surface area contributed by atoms with Crippen LogP contribution in [0.15, 0.2) is 122 Å². The zero-order chi connectivity index (χ0) is 41.8. The van der Waals surface area contributed by atoms with Gasteiger partial charge in [0.1, 0.15) is 34.0 Å². The van der Waals surface area contributed by atoms with E-state index in [1.54, 1.807) is 22.7 Å². The summed E-state index contributed by atoms with van der Waals surface area (Å²) < 4.78 is 21.4. The van der Waals surface area contributed by atoms with Crippen LogP contribution in [0.1, 0.15) is 5.56 Å². The number of ether oxygens (including phenoxy) is 3. The van der Waals surface area contributed by atoms with Crippen LogP contribution in [0, 0.1) is 0 Å². The number of rotatable bonds is 9. The van der Waals surface area contributed by atoms with Gasteiger partial charge in [0.25, 0.3) is 0 Å². The van der Waals surface area contributed by atoms with E-state index in [-0.39, 0.29) is 6.10 Å². The number of fused-ring (bicyclic) bond motifs is 2. The highest BCUT2D eigenvalue weighted by molar-refractivity contribution is 7.22. The summed E-state index contributed by atoms with van der Waals surface area (Å²) in [7, 11) is 0. The second-order valence-electron chi connectivity index (χ2n) is 14.9. The van der Waals surface area contributed by atoms with Gasteiger partial charge >= 0.3 is 0 Å². The Morgan fingerprint density at radius 2 is 1.16 bits per heavy atom. The van der Waals surface area contributed by atoms with Crippen molar-refractivity contribution in [1.29, 1.82) is 0 Å². The van der Waals surface area contributed by atoms with E-state index in [2.05, 4.69) is 88.6 Å². The molecule has 0 radical (unpaired) electrons. The van der Waals surface area contributed by atoms with Gasteiger partial charge < -0.3 is 39.7 Å². The molecule has 62 heavy (non-hydrogen) atoms. The van der Waals surface area contributed by atoms with E-state index in [0.717, 1.165) is 90.4 Å². The van der Waals surface area contributed by atoms with Crippen molar-refractivity contribution >= 4 is 60.4 Å². The number of benzene rings is 3. The van der Waals surface area contributed by atoms with Crippen molar-refractivity contribution in [3.05, 3.63) is 128 Å². The van der Waals surface area contributed by atoms with Gasteiger partial charge in [-0.15, -0.1) is 22.7 Å². The second kappa shape index (κ2) is 17.8. The van der Waals surface area contributed by atoms with Crippen molar-refractivity contribution in [2.45, 2.75) is 19.2 Å². The topological polar surface area (TPSA) is 170 Å². The maximum Gasteiger partial charge on any atom is 0.135 e. The molecule has 14 nitrogen and oxygen atoms in total. The number of para-hydroxylation sites is 1. The number of nitrogen functional groups attached to an aromatic ring is 2. The Kier molecular flexibility index (Phi) is 11.4. The summed E-state index contributed by atoms with van der Waals surface area (Å²) in [6, 6.07) is 33.2. The van der Waals surface area contributed by atoms with Crippen molar-refractivity contribution in [2.75, 3.05) is 62.5 Å². The molecule has 1 unspecified atom stereocenters. The van der Waals surface area contributed by atoms with Gasteiger partial charge in [0, 0.05) is 29.9 Å². The number of imidazole rings is 2. The number of nitrogens with zero attached hydrogens (tertiary/aromatic N) is 9. The molecular formula is C46H43N11O3S2. The summed E-state index contributed by atoms with van der Waals surface area (Å²) in [5, 5.41) is 1.74. The minimum absolute atomic E-state index is 0.00422. The van der Waals surface area contributed by atoms with Crippen LogP contribution in [0.5, 0.6) is 0 Å². The summed E-state index contributed by atoms with van der Waals surface area (Å²) in [5.74, 6) is 0.987. The number of nitrogens with two attached hydrogens (primary N) is 2. The smallest absolute Gasteiger partial charge is 0.135 e. The van der Waals surface area contributed by atoms with E-state index in [9.17, 15) is 0 Å². The van der Waals surface area contributed by atoms with Crippen molar-refractivity contribution in [2.24, 2.45) is 0 Å². The van der Waals surface area contributed by atoms with E-state index >= 15 is 0 Å². The largest absolute Gasteiger partial charge is 0.383 e. The lowest BCUT2D eigenvalue weighted by Crippen LogP contribution is -2.36. The van der Waals surface area contributed by atoms with Crippen LogP contribution in [-0.2, 0) is 27.3 Å². The zero-order valence-electron chi connectivity index (χ0n) is 33.7. The van der Waals surface area contributed by atoms with Gasteiger partial charge in [-0.2, -0.15) is 0 Å². The maximum absolute atomic E-state index is 6.15. The molecule has 11 rings (SSSR count). The quantitative estimate of drug-likeness (QED) is 0.144. The first kappa shape index (κ1) is 39.6. The first-order chi connectivity index (χ1) is 30.6. The molecule has 2 saturated heterocycles. The van der Waals surface area contributed by atoms with Crippen molar-refractivity contribution in [3.8, 4) is 43.7 Å². The molecule has 312 valence electrons. The van der Waals surface area contributed by atoms with Gasteiger partial charge in [-0.25, -0.2) is 29.9 Å². The van der Waals surface area contributed by atoms with E-state index in [4.69, 9.17) is 35.6 Å². The molecule has 8 heterocycles. The first-order valence-electron chi connectivity index (χ1n) is 20.4. The average molecular weight is 862 g/mol. The third-order valence-corrected chi connectivity index (χ3v) is 13.0. The maximum atomic E-state index is 6.15. The number of anilines is 3. The molecule has 1 atom stereocenters. The summed E-state index contributed by atoms with van der Waals surface area (Å²) in [6.45, 7) is 6.55. The summed E-state index contributed by atoms with van der Waals surface area (Å²) in [6.07, 6.45) is 6.83. The Balaban J connectivity index is 0.000000151. The van der Waals surface area contributed by atoms with Crippen molar-refractivity contribution in [1.82, 2.24) is 39.0 Å². The molecule has 0 bridgehead atoms. The third-order valence-electron chi connectivity index (χ3n) is 10.9. The Hall–Kier alpha value is -6.56. The van der Waals surface area contributed by atoms with Crippen LogP contribution in [-0.4, -0.2) is 91.3 Å². The molecule has 2 aliphatic rings. The lowest BCUT2D eigenvalue weighted by Gasteiger charge is -2.30. The number of aromatic nitrogens is 8. The Labute approximate surface area is 365 Å². The Morgan fingerprint density at radius 1 is 0.597 bits per heavy atom. The molecule has 4 N–H and O–H groups in total. The highest BCUT2D eigenvalue weighted by Gasteiger charge is 2.24. The van der Waals surface area contributed by atoms with Gasteiger partial charge in [0.15, 0.2) is 0 Å². The first-order valence-corrected chi connectivity index (χ1v) is 22.0. The molecule has 9 aromatic rings. The standard InChI is InChI=1S/C26H24N6OS.C20H19N5O2S/c27-25-20-14-22(34-26(20)29-16-28-25)24-23(18-6-2-1-3-7-18)30-17-32(24)15-19-8-4-5-9-21(19)31-10-12-33-13-11-31;21-19-15-8-16(28-20(15)23-11-22-19)18-17(13-4-2-1-3-5-13)24-12-25(18)9-14-10-26-6-7-27-14/h1-9,14,16-17H,10-13,15H2,(H2,27,28,29);1-5,8,11-12,14H,6-7,9-10H2,(H2,21,22,23). The minimum Gasteiger partial charge on any atom is -0.383 e. The lowest BCUT2D eigenvalue weighted by molar-refractivity contribution is -0.0934. The van der Waals surface area contributed by atoms with Crippen LogP contribution in [0.4, 0.5) is 17.3 Å². The van der Waals surface area contributed by atoms with Gasteiger partial charge in [-0.1, -0.05) is 78.9 Å². The molecule has 0 saturated carbocycles. The second-order valence-corrected chi connectivity index (χ2v) is 16.9. The molecule has 2 aliphatic heterocycles. The van der Waals surface area contributed by atoms with E-state index in [1.807, 2.05) is 55.1 Å². The molecule has 0 aliphatic carbocycles. The fraction of sp³-hybridized carbons (Fsp3) is 0.217. The summed E-state index contributed by atoms with van der Waals surface area (Å²) in [5.41, 5.74) is 20.8. The van der Waals surface area contributed by atoms with Crippen LogP contribution in [0.25, 0.3) is 64.1 Å². The van der Waals surface area contributed by atoms with Crippen LogP contribution in [0.3, 0.4) is 0 Å². The van der Waals surface area contributed by atoms with E-state index in [1.165, 1.54) is 23.9 Å². The summed E-state index contributed by atoms with van der Waals surface area (Å²) >= 11 is 3.21. The highest BCUT2D eigenvalue weighted by Crippen LogP contribution is 2.41. The molecule has 0 amide bonds. The predicted octanol–water partition coefficient (Wildman–Crippen LogP) is 7.91. The molecule has 3 aromatic carbocycles. The normalized spacial score (nSPS) is 15.5. The lowest BCUT2D eigenvalue weighted by atomic mass is 10.1. The Bertz CT molecular complexity index is 2940. The number of morpholine rings is 1. The van der Waals surface area contributed by atoms with Crippen molar-refractivity contribution in [3.63, 3.8) is 0 Å². The monoisotopic (exact) mass is 861 g/mol. The average Bonchev–Trinajstić information content (AvgIpc) is 4.14. The van der Waals surface area contributed by atoms with Crippen molar-refractivity contribution < 1.29 is 14.2 Å². The molecule has 0 spiro atoms. The third kappa shape index (κ3) is 8.13. The fourth-order valence-electron chi connectivity index (χ4n) is 7.94. The SMILES string of the molecule is Nc1ncnc2sc(-c3c(-c4ccccc4)ncn3CC3COCCO3)cc12.Nc1ncnc2sc(-c3c(-c4ccccc4)ncn3Cc3ccccc3N3CCOCC3)cc12. The molecule has 16 heteroatoms. The number of hydrogen-bond donors (Lipinski definition) is 2. The number of thiophene rings is 2. The molecular weight excluding hydrogens is 819 g/mol. The highest BCUT2D eigenvalue weighted by atomic mass is 32.1. The minimum atomic E-state index is 0.00422. The fourth-order valence-corrected chi connectivity index (χ4v) is 10.1. The molecule has 2 fully saturated rings. The van der Waals surface area contributed by atoms with Crippen LogP contribution < -0.4 is 16.4 Å². The molecule has 6 aromatic heterocycles. The van der Waals surface area contributed by atoms with E-state index < -0.39 is 0 Å².